The number of imidazole rings is 1. The molecule has 5 heteroatoms. The van der Waals surface area contributed by atoms with Crippen molar-refractivity contribution in [3.8, 4) is 0 Å². The van der Waals surface area contributed by atoms with Gasteiger partial charge in [-0.25, -0.2) is 4.98 Å². The highest BCUT2D eigenvalue weighted by atomic mass is 16.3. The number of rotatable bonds is 7. The van der Waals surface area contributed by atoms with E-state index in [-0.39, 0.29) is 5.78 Å². The van der Waals surface area contributed by atoms with Crippen LogP contribution in [0.3, 0.4) is 0 Å². The number of nitrogens with zero attached hydrogens (tertiary/aromatic N) is 3. The van der Waals surface area contributed by atoms with E-state index in [1.165, 1.54) is 0 Å². The number of aryl methyl sites for hydroxylation is 1. The Morgan fingerprint density at radius 2 is 1.55 bits per heavy atom. The standard InChI is InChI=1S/C24H25N3O2/c1-3-20-21(24(29,22(20)28)23-25-14-15-26(23)2)27(16-18-10-6-4-7-11-18)17-19-12-8-5-9-13-19/h4-15,29H,3,16-17H2,1-2H3. The van der Waals surface area contributed by atoms with Gasteiger partial charge in [-0.2, -0.15) is 0 Å². The maximum atomic E-state index is 13.0. The summed E-state index contributed by atoms with van der Waals surface area (Å²) in [6.45, 7) is 3.14. The SMILES string of the molecule is CCC1=C(N(Cc2ccccc2)Cc2ccccc2)C(O)(c2nccn2C)C1=O. The molecule has 0 aliphatic heterocycles. The summed E-state index contributed by atoms with van der Waals surface area (Å²) >= 11 is 0. The lowest BCUT2D eigenvalue weighted by molar-refractivity contribution is -0.139. The topological polar surface area (TPSA) is 58.4 Å². The zero-order valence-corrected chi connectivity index (χ0v) is 16.7. The van der Waals surface area contributed by atoms with Crippen LogP contribution in [0.2, 0.25) is 0 Å². The Balaban J connectivity index is 1.79. The Kier molecular flexibility index (Phi) is 5.07. The molecule has 1 N–H and O–H groups in total. The largest absolute Gasteiger partial charge is 0.370 e. The van der Waals surface area contributed by atoms with Crippen molar-refractivity contribution in [2.75, 3.05) is 0 Å². The molecule has 0 fully saturated rings. The highest BCUT2D eigenvalue weighted by Gasteiger charge is 2.57. The first kappa shape index (κ1) is 19.2. The average molecular weight is 387 g/mol. The van der Waals surface area contributed by atoms with Crippen molar-refractivity contribution in [2.45, 2.75) is 32.0 Å². The molecule has 0 saturated heterocycles. The number of ketones is 1. The second-order valence-electron chi connectivity index (χ2n) is 7.41. The van der Waals surface area contributed by atoms with Crippen LogP contribution in [-0.4, -0.2) is 25.3 Å². The third kappa shape index (κ3) is 3.28. The van der Waals surface area contributed by atoms with Crippen molar-refractivity contribution >= 4 is 5.78 Å². The fourth-order valence-electron chi connectivity index (χ4n) is 4.08. The van der Waals surface area contributed by atoms with Gasteiger partial charge in [-0.05, 0) is 17.5 Å². The van der Waals surface area contributed by atoms with Crippen molar-refractivity contribution in [2.24, 2.45) is 7.05 Å². The molecule has 1 unspecified atom stereocenters. The van der Waals surface area contributed by atoms with E-state index in [0.717, 1.165) is 11.1 Å². The van der Waals surface area contributed by atoms with E-state index in [4.69, 9.17) is 0 Å². The van der Waals surface area contributed by atoms with Gasteiger partial charge in [0, 0.05) is 38.1 Å². The zero-order valence-electron chi connectivity index (χ0n) is 16.7. The van der Waals surface area contributed by atoms with E-state index in [0.29, 0.717) is 36.6 Å². The minimum absolute atomic E-state index is 0.254. The number of aromatic nitrogens is 2. The predicted octanol–water partition coefficient (Wildman–Crippen LogP) is 3.56. The molecule has 148 valence electrons. The summed E-state index contributed by atoms with van der Waals surface area (Å²) in [5.74, 6) is 0.108. The van der Waals surface area contributed by atoms with Gasteiger partial charge in [0.15, 0.2) is 5.82 Å². The summed E-state index contributed by atoms with van der Waals surface area (Å²) < 4.78 is 1.72. The van der Waals surface area contributed by atoms with Crippen molar-refractivity contribution in [3.63, 3.8) is 0 Å². The van der Waals surface area contributed by atoms with Crippen LogP contribution in [-0.2, 0) is 30.5 Å². The molecular weight excluding hydrogens is 362 g/mol. The van der Waals surface area contributed by atoms with Crippen LogP contribution >= 0.6 is 0 Å². The van der Waals surface area contributed by atoms with Crippen molar-refractivity contribution in [1.82, 2.24) is 14.5 Å². The van der Waals surface area contributed by atoms with E-state index in [1.54, 1.807) is 24.0 Å². The van der Waals surface area contributed by atoms with E-state index >= 15 is 0 Å². The van der Waals surface area contributed by atoms with Gasteiger partial charge >= 0.3 is 0 Å². The molecule has 1 heterocycles. The van der Waals surface area contributed by atoms with Crippen LogP contribution in [0, 0.1) is 0 Å². The van der Waals surface area contributed by atoms with Crippen LogP contribution in [0.4, 0.5) is 0 Å². The Morgan fingerprint density at radius 3 is 2.00 bits per heavy atom. The normalized spacial score (nSPS) is 18.7. The van der Waals surface area contributed by atoms with Crippen molar-refractivity contribution in [3.05, 3.63) is 101 Å². The molecule has 1 atom stereocenters. The maximum Gasteiger partial charge on any atom is 0.226 e. The first-order valence-electron chi connectivity index (χ1n) is 9.87. The molecule has 5 nitrogen and oxygen atoms in total. The molecular formula is C24H25N3O2. The Morgan fingerprint density at radius 1 is 1.00 bits per heavy atom. The Labute approximate surface area is 170 Å². The highest BCUT2D eigenvalue weighted by molar-refractivity contribution is 6.12. The predicted molar refractivity (Wildman–Crippen MR) is 112 cm³/mol. The summed E-state index contributed by atoms with van der Waals surface area (Å²) in [6.07, 6.45) is 3.93. The molecule has 0 amide bonds. The van der Waals surface area contributed by atoms with E-state index in [9.17, 15) is 9.90 Å². The quantitative estimate of drug-likeness (QED) is 0.674. The van der Waals surface area contributed by atoms with Crippen molar-refractivity contribution in [1.29, 1.82) is 0 Å². The lowest BCUT2D eigenvalue weighted by atomic mass is 9.73. The minimum Gasteiger partial charge on any atom is -0.370 e. The summed E-state index contributed by atoms with van der Waals surface area (Å²) in [5.41, 5.74) is 1.85. The zero-order chi connectivity index (χ0) is 20.4. The van der Waals surface area contributed by atoms with E-state index < -0.39 is 5.60 Å². The maximum absolute atomic E-state index is 13.0. The second-order valence-corrected chi connectivity index (χ2v) is 7.41. The van der Waals surface area contributed by atoms with Gasteiger partial charge in [0.1, 0.15) is 0 Å². The number of aliphatic hydroxyl groups is 1. The van der Waals surface area contributed by atoms with Gasteiger partial charge in [-0.15, -0.1) is 0 Å². The summed E-state index contributed by atoms with van der Waals surface area (Å²) in [7, 11) is 1.80. The van der Waals surface area contributed by atoms with Gasteiger partial charge in [0.05, 0.1) is 5.70 Å². The number of Topliss-reactive ketones (excluding diaryl/α,β-unsaturated/α-hetero) is 1. The van der Waals surface area contributed by atoms with Crippen LogP contribution in [0.25, 0.3) is 0 Å². The molecule has 0 saturated carbocycles. The van der Waals surface area contributed by atoms with Gasteiger partial charge < -0.3 is 14.6 Å². The molecule has 0 bridgehead atoms. The monoisotopic (exact) mass is 387 g/mol. The van der Waals surface area contributed by atoms with Gasteiger partial charge in [0.25, 0.3) is 0 Å². The molecule has 1 aliphatic carbocycles. The number of carbonyl (C=O) groups excluding carboxylic acids is 1. The fourth-order valence-corrected chi connectivity index (χ4v) is 4.08. The molecule has 1 aliphatic rings. The fraction of sp³-hybridized carbons (Fsp3) is 0.250. The molecule has 2 aromatic carbocycles. The summed E-state index contributed by atoms with van der Waals surface area (Å²) in [5, 5.41) is 11.6. The first-order chi connectivity index (χ1) is 14.1. The number of benzene rings is 2. The average Bonchev–Trinajstić information content (AvgIpc) is 3.18. The molecule has 3 aromatic rings. The van der Waals surface area contributed by atoms with Gasteiger partial charge in [-0.3, -0.25) is 4.79 Å². The summed E-state index contributed by atoms with van der Waals surface area (Å²) in [4.78, 5) is 19.4. The Bertz CT molecular complexity index is 999. The van der Waals surface area contributed by atoms with Crippen LogP contribution in [0.15, 0.2) is 84.3 Å². The lowest BCUT2D eigenvalue weighted by Crippen LogP contribution is -2.55. The number of hydrogen-bond acceptors (Lipinski definition) is 4. The van der Waals surface area contributed by atoms with Crippen molar-refractivity contribution < 1.29 is 9.90 Å². The molecule has 29 heavy (non-hydrogen) atoms. The smallest absolute Gasteiger partial charge is 0.226 e. The molecule has 0 radical (unpaired) electrons. The third-order valence-corrected chi connectivity index (χ3v) is 5.48. The van der Waals surface area contributed by atoms with Crippen LogP contribution < -0.4 is 0 Å². The molecule has 1 aromatic heterocycles. The van der Waals surface area contributed by atoms with Gasteiger partial charge in [-0.1, -0.05) is 67.6 Å². The summed E-state index contributed by atoms with van der Waals surface area (Å²) in [6, 6.07) is 20.2. The third-order valence-electron chi connectivity index (χ3n) is 5.48. The van der Waals surface area contributed by atoms with Crippen LogP contribution in [0.5, 0.6) is 0 Å². The first-order valence-corrected chi connectivity index (χ1v) is 9.87. The number of carbonyl (C=O) groups is 1. The number of hydrogen-bond donors (Lipinski definition) is 1. The second kappa shape index (κ2) is 7.68. The van der Waals surface area contributed by atoms with Gasteiger partial charge in [0.2, 0.25) is 11.4 Å². The minimum atomic E-state index is -1.72. The molecule has 4 rings (SSSR count). The van der Waals surface area contributed by atoms with Crippen LogP contribution in [0.1, 0.15) is 30.3 Å². The van der Waals surface area contributed by atoms with E-state index in [1.807, 2.05) is 43.3 Å². The highest BCUT2D eigenvalue weighted by Crippen LogP contribution is 2.46. The lowest BCUT2D eigenvalue weighted by Gasteiger charge is -2.45. The molecule has 0 spiro atoms. The van der Waals surface area contributed by atoms with E-state index in [2.05, 4.69) is 34.1 Å². The Hall–Kier alpha value is -3.18.